The van der Waals surface area contributed by atoms with Crippen molar-refractivity contribution in [2.75, 3.05) is 0 Å². The summed E-state index contributed by atoms with van der Waals surface area (Å²) in [6.45, 7) is 0. The molecule has 76 valence electrons. The fraction of sp³-hybridized carbons (Fsp3) is 0.0909. The van der Waals surface area contributed by atoms with Crippen LogP contribution in [0.5, 0.6) is 0 Å². The summed E-state index contributed by atoms with van der Waals surface area (Å²) in [5.74, 6) is 3.81. The lowest BCUT2D eigenvalue weighted by Crippen LogP contribution is -2.08. The van der Waals surface area contributed by atoms with Crippen LogP contribution in [-0.4, -0.2) is 17.0 Å². The van der Waals surface area contributed by atoms with Crippen molar-refractivity contribution < 1.29 is 14.7 Å². The Labute approximate surface area is 86.7 Å². The fourth-order valence-corrected chi connectivity index (χ4v) is 0.930. The molecule has 0 saturated heterocycles. The Morgan fingerprint density at radius 1 is 1.27 bits per heavy atom. The van der Waals surface area contributed by atoms with Crippen LogP contribution in [0, 0.1) is 11.8 Å². The third kappa shape index (κ3) is 3.53. The van der Waals surface area contributed by atoms with Gasteiger partial charge in [0, 0.05) is 5.56 Å². The molecule has 0 unspecified atom stereocenters. The van der Waals surface area contributed by atoms with Gasteiger partial charge in [0.05, 0.1) is 12.0 Å². The predicted molar refractivity (Wildman–Crippen MR) is 54.1 cm³/mol. The monoisotopic (exact) mass is 203 g/mol. The van der Waals surface area contributed by atoms with E-state index in [0.29, 0.717) is 5.56 Å². The van der Waals surface area contributed by atoms with E-state index in [1.54, 1.807) is 12.1 Å². The number of aromatic carboxylic acids is 1. The number of nitrogens with two attached hydrogens (primary N) is 1. The first-order valence-corrected chi connectivity index (χ1v) is 4.20. The molecule has 1 aromatic carbocycles. The zero-order chi connectivity index (χ0) is 11.3. The van der Waals surface area contributed by atoms with Gasteiger partial charge in [-0.25, -0.2) is 4.79 Å². The van der Waals surface area contributed by atoms with Crippen molar-refractivity contribution >= 4 is 11.9 Å². The molecule has 0 aliphatic rings. The number of primary amides is 1. The summed E-state index contributed by atoms with van der Waals surface area (Å²) in [5, 5.41) is 8.63. The lowest BCUT2D eigenvalue weighted by Gasteiger charge is -1.93. The van der Waals surface area contributed by atoms with Gasteiger partial charge in [-0.15, -0.1) is 0 Å². The Balaban J connectivity index is 2.75. The maximum absolute atomic E-state index is 10.5. The third-order valence-electron chi connectivity index (χ3n) is 1.63. The molecule has 0 aliphatic carbocycles. The van der Waals surface area contributed by atoms with Crippen LogP contribution in [0.15, 0.2) is 24.3 Å². The number of carbonyl (C=O) groups excluding carboxylic acids is 1. The molecule has 0 atom stereocenters. The second kappa shape index (κ2) is 4.82. The van der Waals surface area contributed by atoms with E-state index < -0.39 is 11.9 Å². The van der Waals surface area contributed by atoms with Gasteiger partial charge in [-0.2, -0.15) is 0 Å². The third-order valence-corrected chi connectivity index (χ3v) is 1.63. The summed E-state index contributed by atoms with van der Waals surface area (Å²) < 4.78 is 0. The van der Waals surface area contributed by atoms with E-state index in [0.717, 1.165) is 0 Å². The average molecular weight is 203 g/mol. The average Bonchev–Trinajstić information content (AvgIpc) is 2.18. The fourth-order valence-electron chi connectivity index (χ4n) is 0.930. The molecule has 4 heteroatoms. The van der Waals surface area contributed by atoms with Crippen molar-refractivity contribution in [1.82, 2.24) is 0 Å². The van der Waals surface area contributed by atoms with Crippen LogP contribution < -0.4 is 5.73 Å². The van der Waals surface area contributed by atoms with Crippen LogP contribution in [-0.2, 0) is 4.79 Å². The highest BCUT2D eigenvalue weighted by Crippen LogP contribution is 2.02. The van der Waals surface area contributed by atoms with Crippen LogP contribution in [0.2, 0.25) is 0 Å². The second-order valence-electron chi connectivity index (χ2n) is 2.83. The zero-order valence-electron chi connectivity index (χ0n) is 7.86. The quantitative estimate of drug-likeness (QED) is 0.691. The van der Waals surface area contributed by atoms with Gasteiger partial charge < -0.3 is 10.8 Å². The lowest BCUT2D eigenvalue weighted by molar-refractivity contribution is -0.117. The Hall–Kier alpha value is -2.28. The number of hydrogen-bond donors (Lipinski definition) is 2. The van der Waals surface area contributed by atoms with Crippen LogP contribution >= 0.6 is 0 Å². The first-order chi connectivity index (χ1) is 7.09. The molecular weight excluding hydrogens is 194 g/mol. The van der Waals surface area contributed by atoms with Gasteiger partial charge in [0.15, 0.2) is 0 Å². The van der Waals surface area contributed by atoms with Gasteiger partial charge >= 0.3 is 5.97 Å². The molecule has 3 N–H and O–H groups in total. The van der Waals surface area contributed by atoms with Crippen molar-refractivity contribution in [3.8, 4) is 11.8 Å². The number of hydrogen-bond acceptors (Lipinski definition) is 2. The van der Waals surface area contributed by atoms with Gasteiger partial charge in [0.1, 0.15) is 0 Å². The molecule has 0 aliphatic heterocycles. The molecule has 0 radical (unpaired) electrons. The number of benzene rings is 1. The van der Waals surface area contributed by atoms with Crippen molar-refractivity contribution in [2.24, 2.45) is 5.73 Å². The molecule has 15 heavy (non-hydrogen) atoms. The van der Waals surface area contributed by atoms with Gasteiger partial charge in [0.25, 0.3) is 0 Å². The summed E-state index contributed by atoms with van der Waals surface area (Å²) >= 11 is 0. The van der Waals surface area contributed by atoms with Crippen molar-refractivity contribution in [1.29, 1.82) is 0 Å². The summed E-state index contributed by atoms with van der Waals surface area (Å²) in [4.78, 5) is 20.9. The summed E-state index contributed by atoms with van der Waals surface area (Å²) in [6, 6.07) is 6.07. The number of amides is 1. The van der Waals surface area contributed by atoms with Crippen LogP contribution in [0.25, 0.3) is 0 Å². The summed E-state index contributed by atoms with van der Waals surface area (Å²) in [6.07, 6.45) is 0.000677. The van der Waals surface area contributed by atoms with E-state index in [1.807, 2.05) is 0 Å². The standard InChI is InChI=1S/C11H9NO3/c12-10(13)3-1-2-8-4-6-9(7-5-8)11(14)15/h4-7H,3H2,(H2,12,13)(H,14,15). The van der Waals surface area contributed by atoms with Gasteiger partial charge in [0.2, 0.25) is 5.91 Å². The molecule has 1 aromatic rings. The molecule has 0 spiro atoms. The molecule has 0 heterocycles. The SMILES string of the molecule is NC(=O)CC#Cc1ccc(C(=O)O)cc1. The van der Waals surface area contributed by atoms with Gasteiger partial charge in [-0.1, -0.05) is 11.8 Å². The molecule has 0 aromatic heterocycles. The molecule has 1 rings (SSSR count). The lowest BCUT2D eigenvalue weighted by atomic mass is 10.1. The van der Waals surface area contributed by atoms with E-state index in [-0.39, 0.29) is 12.0 Å². The van der Waals surface area contributed by atoms with E-state index in [1.165, 1.54) is 12.1 Å². The Bertz CT molecular complexity index is 437. The van der Waals surface area contributed by atoms with Crippen LogP contribution in [0.1, 0.15) is 22.3 Å². The minimum absolute atomic E-state index is 0.000677. The molecule has 4 nitrogen and oxygen atoms in total. The van der Waals surface area contributed by atoms with Gasteiger partial charge in [-0.3, -0.25) is 4.79 Å². The molecule has 1 amide bonds. The van der Waals surface area contributed by atoms with Gasteiger partial charge in [-0.05, 0) is 24.3 Å². The van der Waals surface area contributed by atoms with Crippen LogP contribution in [0.4, 0.5) is 0 Å². The Morgan fingerprint density at radius 2 is 1.87 bits per heavy atom. The maximum atomic E-state index is 10.5. The molecule has 0 fully saturated rings. The van der Waals surface area contributed by atoms with E-state index in [9.17, 15) is 9.59 Å². The highest BCUT2D eigenvalue weighted by atomic mass is 16.4. The largest absolute Gasteiger partial charge is 0.478 e. The highest BCUT2D eigenvalue weighted by molar-refractivity contribution is 5.87. The Morgan fingerprint density at radius 3 is 2.33 bits per heavy atom. The minimum atomic E-state index is -0.980. The summed E-state index contributed by atoms with van der Waals surface area (Å²) in [7, 11) is 0. The molecule has 0 bridgehead atoms. The van der Waals surface area contributed by atoms with Crippen molar-refractivity contribution in [3.05, 3.63) is 35.4 Å². The number of rotatable bonds is 2. The van der Waals surface area contributed by atoms with E-state index >= 15 is 0 Å². The smallest absolute Gasteiger partial charge is 0.335 e. The van der Waals surface area contributed by atoms with E-state index in [4.69, 9.17) is 10.8 Å². The predicted octanol–water partition coefficient (Wildman–Crippen LogP) is 0.612. The van der Waals surface area contributed by atoms with Crippen LogP contribution in [0.3, 0.4) is 0 Å². The molecular formula is C11H9NO3. The van der Waals surface area contributed by atoms with Crippen molar-refractivity contribution in [2.45, 2.75) is 6.42 Å². The van der Waals surface area contributed by atoms with Crippen molar-refractivity contribution in [3.63, 3.8) is 0 Å². The zero-order valence-corrected chi connectivity index (χ0v) is 7.86. The summed E-state index contributed by atoms with van der Waals surface area (Å²) in [5.41, 5.74) is 5.76. The maximum Gasteiger partial charge on any atom is 0.335 e. The topological polar surface area (TPSA) is 80.4 Å². The first-order valence-electron chi connectivity index (χ1n) is 4.20. The Kier molecular flexibility index (Phi) is 3.47. The first kappa shape index (κ1) is 10.8. The number of carbonyl (C=O) groups is 2. The molecule has 0 saturated carbocycles. The van der Waals surface area contributed by atoms with E-state index in [2.05, 4.69) is 11.8 Å². The second-order valence-corrected chi connectivity index (χ2v) is 2.83. The normalized spacial score (nSPS) is 8.80. The highest BCUT2D eigenvalue weighted by Gasteiger charge is 1.99. The minimum Gasteiger partial charge on any atom is -0.478 e. The number of carboxylic acid groups (broad SMARTS) is 1. The number of carboxylic acids is 1.